The lowest BCUT2D eigenvalue weighted by atomic mass is 10.1. The smallest absolute Gasteiger partial charge is 0.319 e. The molecule has 0 aliphatic rings. The van der Waals surface area contributed by atoms with Gasteiger partial charge in [-0.3, -0.25) is 0 Å². The van der Waals surface area contributed by atoms with Crippen LogP contribution in [-0.4, -0.2) is 11.6 Å². The van der Waals surface area contributed by atoms with E-state index in [2.05, 4.69) is 26.6 Å². The third-order valence-electron chi connectivity index (χ3n) is 1.73. The lowest BCUT2D eigenvalue weighted by molar-refractivity contribution is 0.244. The summed E-state index contributed by atoms with van der Waals surface area (Å²) in [5, 5.41) is 5.42. The van der Waals surface area contributed by atoms with Gasteiger partial charge in [0, 0.05) is 10.0 Å². The molecule has 1 rings (SSSR count). The molecule has 0 aromatic heterocycles. The fourth-order valence-electron chi connectivity index (χ4n) is 1.15. The van der Waals surface area contributed by atoms with Crippen LogP contribution in [-0.2, 0) is 0 Å². The number of hydrogen-bond donors (Lipinski definition) is 2. The predicted octanol–water partition coefficient (Wildman–Crippen LogP) is 4.16. The van der Waals surface area contributed by atoms with Crippen molar-refractivity contribution < 1.29 is 9.18 Å². The van der Waals surface area contributed by atoms with E-state index in [1.807, 2.05) is 20.8 Å². The molecule has 0 aliphatic carbocycles. The van der Waals surface area contributed by atoms with Gasteiger partial charge in [-0.1, -0.05) is 11.6 Å². The first-order valence-corrected chi connectivity index (χ1v) is 6.10. The molecule has 0 radical (unpaired) electrons. The Labute approximate surface area is 113 Å². The van der Waals surface area contributed by atoms with Crippen molar-refractivity contribution in [3.05, 3.63) is 27.4 Å². The van der Waals surface area contributed by atoms with Gasteiger partial charge in [0.2, 0.25) is 0 Å². The Morgan fingerprint density at radius 2 is 2.00 bits per heavy atom. The number of urea groups is 1. The van der Waals surface area contributed by atoms with Crippen molar-refractivity contribution in [2.24, 2.45) is 0 Å². The van der Waals surface area contributed by atoms with Gasteiger partial charge in [0.1, 0.15) is 5.82 Å². The summed E-state index contributed by atoms with van der Waals surface area (Å²) in [6, 6.07) is 1.98. The fraction of sp³-hybridized carbons (Fsp3) is 0.364. The zero-order valence-corrected chi connectivity index (χ0v) is 12.0. The van der Waals surface area contributed by atoms with Crippen molar-refractivity contribution in [2.45, 2.75) is 26.3 Å². The summed E-state index contributed by atoms with van der Waals surface area (Å²) in [5.74, 6) is -0.469. The average molecular weight is 324 g/mol. The quantitative estimate of drug-likeness (QED) is 0.800. The summed E-state index contributed by atoms with van der Waals surface area (Å²) < 4.78 is 13.4. The van der Waals surface area contributed by atoms with E-state index in [-0.39, 0.29) is 10.6 Å². The first kappa shape index (κ1) is 14.3. The van der Waals surface area contributed by atoms with Crippen LogP contribution in [0.2, 0.25) is 5.02 Å². The van der Waals surface area contributed by atoms with Crippen LogP contribution < -0.4 is 10.6 Å². The molecule has 0 saturated carbocycles. The Bertz CT molecular complexity index is 423. The second-order valence-corrected chi connectivity index (χ2v) is 5.84. The highest BCUT2D eigenvalue weighted by Crippen LogP contribution is 2.31. The molecular formula is C11H13BrClFN2O. The van der Waals surface area contributed by atoms with Gasteiger partial charge in [0.15, 0.2) is 0 Å². The van der Waals surface area contributed by atoms with Crippen LogP contribution in [0.15, 0.2) is 16.6 Å². The molecule has 0 saturated heterocycles. The summed E-state index contributed by atoms with van der Waals surface area (Å²) in [4.78, 5) is 11.6. The van der Waals surface area contributed by atoms with Gasteiger partial charge >= 0.3 is 6.03 Å². The highest BCUT2D eigenvalue weighted by Gasteiger charge is 2.16. The van der Waals surface area contributed by atoms with Crippen LogP contribution in [0, 0.1) is 5.82 Å². The molecule has 0 unspecified atom stereocenters. The number of benzene rings is 1. The van der Waals surface area contributed by atoms with Crippen LogP contribution in [0.4, 0.5) is 14.9 Å². The number of hydrogen-bond acceptors (Lipinski definition) is 1. The van der Waals surface area contributed by atoms with Crippen molar-refractivity contribution in [1.82, 2.24) is 5.32 Å². The van der Waals surface area contributed by atoms with Gasteiger partial charge in [-0.25, -0.2) is 9.18 Å². The van der Waals surface area contributed by atoms with Crippen molar-refractivity contribution in [3.63, 3.8) is 0 Å². The Kier molecular flexibility index (Phi) is 4.38. The van der Waals surface area contributed by atoms with Gasteiger partial charge in [0.25, 0.3) is 0 Å². The SMILES string of the molecule is CC(C)(C)NC(=O)Nc1c(Cl)cc(F)cc1Br. The van der Waals surface area contributed by atoms with E-state index < -0.39 is 11.8 Å². The average Bonchev–Trinajstić information content (AvgIpc) is 2.08. The summed E-state index contributed by atoms with van der Waals surface area (Å²) in [6.07, 6.45) is 0. The second kappa shape index (κ2) is 5.23. The second-order valence-electron chi connectivity index (χ2n) is 4.57. The van der Waals surface area contributed by atoms with E-state index in [9.17, 15) is 9.18 Å². The number of carbonyl (C=O) groups excluding carboxylic acids is 1. The summed E-state index contributed by atoms with van der Waals surface area (Å²) in [7, 11) is 0. The minimum atomic E-state index is -0.469. The lowest BCUT2D eigenvalue weighted by Gasteiger charge is -2.21. The predicted molar refractivity (Wildman–Crippen MR) is 71.0 cm³/mol. The first-order valence-electron chi connectivity index (χ1n) is 4.93. The molecule has 0 heterocycles. The van der Waals surface area contributed by atoms with E-state index in [1.54, 1.807) is 0 Å². The number of nitrogens with one attached hydrogen (secondary N) is 2. The third kappa shape index (κ3) is 4.52. The van der Waals surface area contributed by atoms with E-state index >= 15 is 0 Å². The summed E-state index contributed by atoms with van der Waals surface area (Å²) in [5.41, 5.74) is -0.0156. The molecule has 17 heavy (non-hydrogen) atoms. The van der Waals surface area contributed by atoms with Crippen molar-refractivity contribution in [1.29, 1.82) is 0 Å². The van der Waals surface area contributed by atoms with E-state index in [0.717, 1.165) is 6.07 Å². The molecular weight excluding hydrogens is 310 g/mol. The number of halogens is 3. The van der Waals surface area contributed by atoms with Crippen molar-refractivity contribution >= 4 is 39.2 Å². The molecule has 0 atom stereocenters. The number of rotatable bonds is 1. The van der Waals surface area contributed by atoms with Crippen molar-refractivity contribution in [2.75, 3.05) is 5.32 Å². The molecule has 0 fully saturated rings. The van der Waals surface area contributed by atoms with Gasteiger partial charge in [0.05, 0.1) is 10.7 Å². The van der Waals surface area contributed by atoms with E-state index in [0.29, 0.717) is 10.2 Å². The number of carbonyl (C=O) groups is 1. The number of amides is 2. The van der Waals surface area contributed by atoms with Gasteiger partial charge in [-0.05, 0) is 48.8 Å². The molecule has 2 N–H and O–H groups in total. The Morgan fingerprint density at radius 1 is 1.41 bits per heavy atom. The minimum absolute atomic E-state index is 0.140. The molecule has 6 heteroatoms. The Morgan fingerprint density at radius 3 is 2.47 bits per heavy atom. The minimum Gasteiger partial charge on any atom is -0.333 e. The third-order valence-corrected chi connectivity index (χ3v) is 2.66. The summed E-state index contributed by atoms with van der Waals surface area (Å²) >= 11 is 8.98. The molecule has 94 valence electrons. The standard InChI is InChI=1S/C11H13BrClFN2O/c1-11(2,3)16-10(17)15-9-7(12)4-6(14)5-8(9)13/h4-5H,1-3H3,(H2,15,16,17). The topological polar surface area (TPSA) is 41.1 Å². The highest BCUT2D eigenvalue weighted by molar-refractivity contribution is 9.10. The van der Waals surface area contributed by atoms with Crippen LogP contribution in [0.25, 0.3) is 0 Å². The molecule has 2 amide bonds. The molecule has 0 bridgehead atoms. The highest BCUT2D eigenvalue weighted by atomic mass is 79.9. The molecule has 1 aromatic carbocycles. The maximum absolute atomic E-state index is 13.0. The molecule has 1 aromatic rings. The Hall–Kier alpha value is -0.810. The van der Waals surface area contributed by atoms with E-state index in [4.69, 9.17) is 11.6 Å². The molecule has 0 spiro atoms. The lowest BCUT2D eigenvalue weighted by Crippen LogP contribution is -2.43. The van der Waals surface area contributed by atoms with Crippen LogP contribution in [0.5, 0.6) is 0 Å². The molecule has 3 nitrogen and oxygen atoms in total. The van der Waals surface area contributed by atoms with Crippen LogP contribution >= 0.6 is 27.5 Å². The monoisotopic (exact) mass is 322 g/mol. The number of anilines is 1. The maximum Gasteiger partial charge on any atom is 0.319 e. The van der Waals surface area contributed by atoms with Crippen LogP contribution in [0.3, 0.4) is 0 Å². The summed E-state index contributed by atoms with van der Waals surface area (Å²) in [6.45, 7) is 5.57. The normalized spacial score (nSPS) is 11.2. The largest absolute Gasteiger partial charge is 0.333 e. The van der Waals surface area contributed by atoms with E-state index in [1.165, 1.54) is 6.07 Å². The van der Waals surface area contributed by atoms with Gasteiger partial charge < -0.3 is 10.6 Å². The first-order chi connectivity index (χ1) is 7.69. The zero-order chi connectivity index (χ0) is 13.2. The van der Waals surface area contributed by atoms with Gasteiger partial charge in [-0.2, -0.15) is 0 Å². The molecule has 0 aliphatic heterocycles. The van der Waals surface area contributed by atoms with Crippen molar-refractivity contribution in [3.8, 4) is 0 Å². The fourth-order valence-corrected chi connectivity index (χ4v) is 2.05. The maximum atomic E-state index is 13.0. The zero-order valence-electron chi connectivity index (χ0n) is 9.70. The Balaban J connectivity index is 2.86. The van der Waals surface area contributed by atoms with Crippen LogP contribution in [0.1, 0.15) is 20.8 Å². The van der Waals surface area contributed by atoms with Gasteiger partial charge in [-0.15, -0.1) is 0 Å².